The molecule has 3 aromatic rings. The molecule has 23 heavy (non-hydrogen) atoms. The van der Waals surface area contributed by atoms with Crippen molar-refractivity contribution in [1.82, 2.24) is 14.9 Å². The molecule has 0 radical (unpaired) electrons. The summed E-state index contributed by atoms with van der Waals surface area (Å²) in [5.74, 6) is 0. The van der Waals surface area contributed by atoms with Crippen molar-refractivity contribution in [2.75, 3.05) is 0 Å². The van der Waals surface area contributed by atoms with E-state index in [2.05, 4.69) is 14.9 Å². The quantitative estimate of drug-likeness (QED) is 0.744. The summed E-state index contributed by atoms with van der Waals surface area (Å²) in [5.41, 5.74) is 3.77. The van der Waals surface area contributed by atoms with E-state index in [0.29, 0.717) is 4.21 Å². The van der Waals surface area contributed by atoms with Crippen molar-refractivity contribution in [3.8, 4) is 10.6 Å². The maximum Gasteiger partial charge on any atom is 0.250 e. The Labute approximate surface area is 139 Å². The van der Waals surface area contributed by atoms with Crippen LogP contribution in [0.4, 0.5) is 0 Å². The number of aryl methyl sites for hydroxylation is 2. The van der Waals surface area contributed by atoms with E-state index >= 15 is 0 Å². The highest BCUT2D eigenvalue weighted by Gasteiger charge is 2.17. The summed E-state index contributed by atoms with van der Waals surface area (Å²) in [6.07, 6.45) is 0. The van der Waals surface area contributed by atoms with Crippen molar-refractivity contribution >= 4 is 21.4 Å². The van der Waals surface area contributed by atoms with Gasteiger partial charge in [-0.25, -0.2) is 13.1 Å². The SMILES string of the molecule is Cc1ccc(CNS(=O)(=O)c2ccc(-c3cc(C)[nH]n3)s2)cc1. The van der Waals surface area contributed by atoms with E-state index in [1.165, 1.54) is 11.3 Å². The van der Waals surface area contributed by atoms with Crippen LogP contribution in [0, 0.1) is 13.8 Å². The van der Waals surface area contributed by atoms with Gasteiger partial charge in [0.05, 0.1) is 4.88 Å². The van der Waals surface area contributed by atoms with Gasteiger partial charge in [0.25, 0.3) is 0 Å². The van der Waals surface area contributed by atoms with Crippen LogP contribution in [0.2, 0.25) is 0 Å². The lowest BCUT2D eigenvalue weighted by Crippen LogP contribution is -2.22. The number of hydrogen-bond acceptors (Lipinski definition) is 4. The van der Waals surface area contributed by atoms with E-state index in [4.69, 9.17) is 0 Å². The smallest absolute Gasteiger partial charge is 0.250 e. The van der Waals surface area contributed by atoms with Gasteiger partial charge in [-0.2, -0.15) is 5.10 Å². The fraction of sp³-hybridized carbons (Fsp3) is 0.188. The summed E-state index contributed by atoms with van der Waals surface area (Å²) in [5, 5.41) is 7.01. The van der Waals surface area contributed by atoms with Crippen molar-refractivity contribution in [1.29, 1.82) is 0 Å². The number of aromatic nitrogens is 2. The molecule has 2 N–H and O–H groups in total. The number of thiophene rings is 1. The Morgan fingerprint density at radius 3 is 2.52 bits per heavy atom. The summed E-state index contributed by atoms with van der Waals surface area (Å²) in [7, 11) is -3.52. The van der Waals surface area contributed by atoms with Crippen LogP contribution in [-0.4, -0.2) is 18.6 Å². The third-order valence-corrected chi connectivity index (χ3v) is 6.39. The van der Waals surface area contributed by atoms with E-state index in [-0.39, 0.29) is 6.54 Å². The molecule has 120 valence electrons. The lowest BCUT2D eigenvalue weighted by molar-refractivity contribution is 0.583. The average Bonchev–Trinajstić information content (AvgIpc) is 3.16. The van der Waals surface area contributed by atoms with Crippen LogP contribution in [0.25, 0.3) is 10.6 Å². The van der Waals surface area contributed by atoms with Crippen molar-refractivity contribution in [2.24, 2.45) is 0 Å². The largest absolute Gasteiger partial charge is 0.282 e. The monoisotopic (exact) mass is 347 g/mol. The Bertz CT molecular complexity index is 909. The van der Waals surface area contributed by atoms with Gasteiger partial charge in [0, 0.05) is 12.2 Å². The first-order valence-corrected chi connectivity index (χ1v) is 9.41. The van der Waals surface area contributed by atoms with Crippen LogP contribution in [0.3, 0.4) is 0 Å². The molecule has 0 aliphatic heterocycles. The maximum absolute atomic E-state index is 12.4. The number of nitrogens with zero attached hydrogens (tertiary/aromatic N) is 1. The molecule has 0 amide bonds. The molecule has 0 aliphatic carbocycles. The number of rotatable bonds is 5. The fourth-order valence-corrected chi connectivity index (χ4v) is 4.43. The molecular formula is C16H17N3O2S2. The highest BCUT2D eigenvalue weighted by molar-refractivity contribution is 7.91. The molecule has 5 nitrogen and oxygen atoms in total. The number of hydrogen-bond donors (Lipinski definition) is 2. The van der Waals surface area contributed by atoms with Gasteiger partial charge in [0.1, 0.15) is 9.90 Å². The van der Waals surface area contributed by atoms with Crippen LogP contribution >= 0.6 is 11.3 Å². The van der Waals surface area contributed by atoms with E-state index in [1.807, 2.05) is 44.2 Å². The minimum absolute atomic E-state index is 0.275. The third-order valence-electron chi connectivity index (χ3n) is 3.39. The summed E-state index contributed by atoms with van der Waals surface area (Å²) in [6, 6.07) is 13.1. The number of sulfonamides is 1. The van der Waals surface area contributed by atoms with E-state index in [9.17, 15) is 8.42 Å². The van der Waals surface area contributed by atoms with Crippen molar-refractivity contribution in [3.05, 3.63) is 59.3 Å². The lowest BCUT2D eigenvalue weighted by atomic mass is 10.2. The fourth-order valence-electron chi connectivity index (χ4n) is 2.10. The molecule has 3 rings (SSSR count). The number of H-pyrrole nitrogens is 1. The van der Waals surface area contributed by atoms with Crippen LogP contribution in [-0.2, 0) is 16.6 Å². The molecule has 2 heterocycles. The van der Waals surface area contributed by atoms with Crippen molar-refractivity contribution < 1.29 is 8.42 Å². The first kappa shape index (κ1) is 15.9. The van der Waals surface area contributed by atoms with Crippen LogP contribution in [0.1, 0.15) is 16.8 Å². The average molecular weight is 347 g/mol. The second-order valence-corrected chi connectivity index (χ2v) is 8.44. The van der Waals surface area contributed by atoms with Gasteiger partial charge in [-0.05, 0) is 37.6 Å². The second-order valence-electron chi connectivity index (χ2n) is 5.37. The van der Waals surface area contributed by atoms with E-state index in [0.717, 1.165) is 27.4 Å². The first-order valence-electron chi connectivity index (χ1n) is 7.11. The van der Waals surface area contributed by atoms with Gasteiger partial charge in [-0.1, -0.05) is 29.8 Å². The molecule has 0 bridgehead atoms. The number of nitrogens with one attached hydrogen (secondary N) is 2. The van der Waals surface area contributed by atoms with Crippen molar-refractivity contribution in [2.45, 2.75) is 24.6 Å². The predicted molar refractivity (Wildman–Crippen MR) is 91.8 cm³/mol. The molecule has 0 saturated carbocycles. The van der Waals surface area contributed by atoms with Gasteiger partial charge in [0.2, 0.25) is 10.0 Å². The van der Waals surface area contributed by atoms with Crippen molar-refractivity contribution in [3.63, 3.8) is 0 Å². The van der Waals surface area contributed by atoms with E-state index in [1.54, 1.807) is 12.1 Å². The molecule has 0 aliphatic rings. The summed E-state index contributed by atoms with van der Waals surface area (Å²) < 4.78 is 27.7. The van der Waals surface area contributed by atoms with Gasteiger partial charge < -0.3 is 0 Å². The Morgan fingerprint density at radius 1 is 1.13 bits per heavy atom. The molecule has 0 spiro atoms. The Morgan fingerprint density at radius 2 is 1.87 bits per heavy atom. The Balaban J connectivity index is 1.75. The standard InChI is InChI=1S/C16H17N3O2S2/c1-11-3-5-13(6-4-11)10-17-23(20,21)16-8-7-15(22-16)14-9-12(2)18-19-14/h3-9,17H,10H2,1-2H3,(H,18,19). The zero-order valence-electron chi connectivity index (χ0n) is 12.8. The molecule has 0 saturated heterocycles. The normalized spacial score (nSPS) is 11.7. The molecule has 7 heteroatoms. The highest BCUT2D eigenvalue weighted by Crippen LogP contribution is 2.29. The molecular weight excluding hydrogens is 330 g/mol. The minimum atomic E-state index is -3.52. The lowest BCUT2D eigenvalue weighted by Gasteiger charge is -2.05. The first-order chi connectivity index (χ1) is 10.9. The second kappa shape index (κ2) is 6.27. The molecule has 0 fully saturated rings. The predicted octanol–water partition coefficient (Wildman–Crippen LogP) is 3.23. The minimum Gasteiger partial charge on any atom is -0.282 e. The zero-order valence-corrected chi connectivity index (χ0v) is 14.5. The Hall–Kier alpha value is -1.96. The summed E-state index contributed by atoms with van der Waals surface area (Å²) >= 11 is 1.21. The number of benzene rings is 1. The molecule has 0 atom stereocenters. The number of aromatic amines is 1. The molecule has 0 unspecified atom stereocenters. The zero-order chi connectivity index (χ0) is 16.4. The topological polar surface area (TPSA) is 74.8 Å². The summed E-state index contributed by atoms with van der Waals surface area (Å²) in [6.45, 7) is 4.18. The van der Waals surface area contributed by atoms with E-state index < -0.39 is 10.0 Å². The van der Waals surface area contributed by atoms with Crippen LogP contribution in [0.15, 0.2) is 46.7 Å². The highest BCUT2D eigenvalue weighted by atomic mass is 32.2. The summed E-state index contributed by atoms with van der Waals surface area (Å²) in [4.78, 5) is 0.824. The molecule has 2 aromatic heterocycles. The van der Waals surface area contributed by atoms with Gasteiger partial charge in [-0.15, -0.1) is 11.3 Å². The van der Waals surface area contributed by atoms with Gasteiger partial charge in [0.15, 0.2) is 0 Å². The van der Waals surface area contributed by atoms with Gasteiger partial charge in [-0.3, -0.25) is 5.10 Å². The third kappa shape index (κ3) is 3.69. The molecule has 1 aromatic carbocycles. The van der Waals surface area contributed by atoms with Crippen LogP contribution < -0.4 is 4.72 Å². The Kier molecular flexibility index (Phi) is 4.34. The maximum atomic E-state index is 12.4. The van der Waals surface area contributed by atoms with Gasteiger partial charge >= 0.3 is 0 Å². The van der Waals surface area contributed by atoms with Crippen LogP contribution in [0.5, 0.6) is 0 Å².